The highest BCUT2D eigenvalue weighted by molar-refractivity contribution is 6.30. The Hall–Kier alpha value is -1.81. The fraction of sp³-hybridized carbons (Fsp3) is 0.231. The molecule has 1 atom stereocenters. The van der Waals surface area contributed by atoms with Crippen LogP contribution >= 0.6 is 11.6 Å². The minimum atomic E-state index is -0.197. The lowest BCUT2D eigenvalue weighted by atomic mass is 9.90. The molecule has 1 amide bonds. The number of nitrogens with one attached hydrogen (secondary N) is 2. The summed E-state index contributed by atoms with van der Waals surface area (Å²) in [6.07, 6.45) is 0.618. The van der Waals surface area contributed by atoms with Crippen LogP contribution in [0.3, 0.4) is 0 Å². The molecule has 0 saturated carbocycles. The molecule has 1 aliphatic heterocycles. The molecule has 0 radical (unpaired) electrons. The number of aryl methyl sites for hydroxylation is 1. The van der Waals surface area contributed by atoms with Crippen molar-refractivity contribution in [2.75, 3.05) is 5.32 Å². The molecule has 1 aromatic carbocycles. The number of hydrogen-bond donors (Lipinski definition) is 2. The molecule has 18 heavy (non-hydrogen) atoms. The lowest BCUT2D eigenvalue weighted by Crippen LogP contribution is -2.28. The highest BCUT2D eigenvalue weighted by atomic mass is 35.5. The van der Waals surface area contributed by atoms with E-state index in [0.717, 1.165) is 22.6 Å². The van der Waals surface area contributed by atoms with E-state index in [4.69, 9.17) is 11.6 Å². The summed E-state index contributed by atoms with van der Waals surface area (Å²) in [6.45, 7) is 1.90. The van der Waals surface area contributed by atoms with Crippen LogP contribution in [-0.4, -0.2) is 16.1 Å². The minimum Gasteiger partial charge on any atom is -0.322 e. The predicted octanol–water partition coefficient (Wildman–Crippen LogP) is 2.65. The van der Waals surface area contributed by atoms with Crippen LogP contribution in [0, 0.1) is 6.92 Å². The quantitative estimate of drug-likeness (QED) is 0.829. The van der Waals surface area contributed by atoms with E-state index < -0.39 is 0 Å². The van der Waals surface area contributed by atoms with Gasteiger partial charge in [-0.3, -0.25) is 9.89 Å². The van der Waals surface area contributed by atoms with Crippen LogP contribution in [0.5, 0.6) is 0 Å². The number of anilines is 1. The molecule has 1 unspecified atom stereocenters. The Morgan fingerprint density at radius 2 is 2.06 bits per heavy atom. The van der Waals surface area contributed by atoms with Gasteiger partial charge in [0.1, 0.15) is 0 Å². The highest BCUT2D eigenvalue weighted by Gasteiger charge is 2.30. The monoisotopic (exact) mass is 261 g/mol. The molecule has 2 heterocycles. The molecule has 0 aliphatic carbocycles. The van der Waals surface area contributed by atoms with Crippen molar-refractivity contribution in [1.82, 2.24) is 10.2 Å². The number of carbonyl (C=O) groups is 1. The lowest BCUT2D eigenvalue weighted by molar-refractivity contribution is -0.117. The van der Waals surface area contributed by atoms with Gasteiger partial charge in [0.25, 0.3) is 0 Å². The Labute approximate surface area is 109 Å². The Morgan fingerprint density at radius 1 is 1.33 bits per heavy atom. The van der Waals surface area contributed by atoms with Gasteiger partial charge in [0.05, 0.1) is 23.0 Å². The van der Waals surface area contributed by atoms with Crippen LogP contribution in [0.2, 0.25) is 5.02 Å². The van der Waals surface area contributed by atoms with Crippen molar-refractivity contribution in [3.05, 3.63) is 46.2 Å². The number of aromatic nitrogens is 2. The van der Waals surface area contributed by atoms with Crippen molar-refractivity contribution < 1.29 is 4.79 Å². The van der Waals surface area contributed by atoms with Gasteiger partial charge in [-0.15, -0.1) is 0 Å². The average molecular weight is 262 g/mol. The lowest BCUT2D eigenvalue weighted by Gasteiger charge is -2.22. The normalized spacial score (nSPS) is 18.3. The molecule has 1 aliphatic rings. The summed E-state index contributed by atoms with van der Waals surface area (Å²) in [6, 6.07) is 7.37. The molecular formula is C13H12ClN3O. The van der Waals surface area contributed by atoms with E-state index in [9.17, 15) is 4.79 Å². The maximum absolute atomic E-state index is 12.1. The van der Waals surface area contributed by atoms with Gasteiger partial charge in [0, 0.05) is 11.4 Å². The fourth-order valence-electron chi connectivity index (χ4n) is 2.25. The molecular weight excluding hydrogens is 250 g/mol. The highest BCUT2D eigenvalue weighted by Crippen LogP contribution is 2.32. The summed E-state index contributed by atoms with van der Waals surface area (Å²) in [4.78, 5) is 12.1. The van der Waals surface area contributed by atoms with E-state index in [1.807, 2.05) is 19.1 Å². The Morgan fingerprint density at radius 3 is 2.78 bits per heavy atom. The largest absolute Gasteiger partial charge is 0.322 e. The zero-order valence-electron chi connectivity index (χ0n) is 9.83. The van der Waals surface area contributed by atoms with E-state index >= 15 is 0 Å². The van der Waals surface area contributed by atoms with Crippen LogP contribution < -0.4 is 5.32 Å². The van der Waals surface area contributed by atoms with Crippen molar-refractivity contribution >= 4 is 23.2 Å². The molecule has 2 N–H and O–H groups in total. The van der Waals surface area contributed by atoms with Gasteiger partial charge < -0.3 is 5.32 Å². The van der Waals surface area contributed by atoms with Crippen LogP contribution in [0.1, 0.15) is 22.9 Å². The number of benzene rings is 1. The molecule has 2 aromatic rings. The number of halogens is 1. The van der Waals surface area contributed by atoms with Crippen molar-refractivity contribution in [2.45, 2.75) is 19.3 Å². The number of rotatable bonds is 1. The van der Waals surface area contributed by atoms with Gasteiger partial charge >= 0.3 is 0 Å². The van der Waals surface area contributed by atoms with Crippen LogP contribution in [0.4, 0.5) is 5.69 Å². The molecule has 0 bridgehead atoms. The van der Waals surface area contributed by atoms with Gasteiger partial charge in [-0.05, 0) is 24.6 Å². The third kappa shape index (κ3) is 1.78. The van der Waals surface area contributed by atoms with Gasteiger partial charge in [-0.2, -0.15) is 5.10 Å². The van der Waals surface area contributed by atoms with E-state index in [1.54, 1.807) is 12.1 Å². The van der Waals surface area contributed by atoms with Gasteiger partial charge in [-0.25, -0.2) is 0 Å². The molecule has 0 spiro atoms. The smallest absolute Gasteiger partial charge is 0.232 e. The third-order valence-electron chi connectivity index (χ3n) is 3.26. The first-order valence-electron chi connectivity index (χ1n) is 5.75. The number of carbonyl (C=O) groups excluding carboxylic acids is 1. The molecule has 0 saturated heterocycles. The summed E-state index contributed by atoms with van der Waals surface area (Å²) in [5, 5.41) is 10.7. The second-order valence-corrected chi connectivity index (χ2v) is 4.90. The molecule has 0 fully saturated rings. The van der Waals surface area contributed by atoms with Crippen LogP contribution in [0.25, 0.3) is 0 Å². The summed E-state index contributed by atoms with van der Waals surface area (Å²) >= 11 is 5.85. The summed E-state index contributed by atoms with van der Waals surface area (Å²) in [5.74, 6) is -0.188. The van der Waals surface area contributed by atoms with Crippen molar-refractivity contribution in [3.8, 4) is 0 Å². The van der Waals surface area contributed by atoms with E-state index in [1.165, 1.54) is 0 Å². The maximum atomic E-state index is 12.1. The number of nitrogens with zero attached hydrogens (tertiary/aromatic N) is 1. The van der Waals surface area contributed by atoms with Crippen molar-refractivity contribution in [1.29, 1.82) is 0 Å². The van der Waals surface area contributed by atoms with Gasteiger partial charge in [-0.1, -0.05) is 23.7 Å². The second kappa shape index (κ2) is 4.14. The first-order valence-corrected chi connectivity index (χ1v) is 6.13. The number of fused-ring (bicyclic) bond motifs is 1. The van der Waals surface area contributed by atoms with Crippen LogP contribution in [-0.2, 0) is 11.2 Å². The summed E-state index contributed by atoms with van der Waals surface area (Å²) in [5.41, 5.74) is 3.59. The van der Waals surface area contributed by atoms with Crippen LogP contribution in [0.15, 0.2) is 24.3 Å². The zero-order valence-corrected chi connectivity index (χ0v) is 10.6. The molecule has 92 valence electrons. The topological polar surface area (TPSA) is 57.8 Å². The van der Waals surface area contributed by atoms with Gasteiger partial charge in [0.15, 0.2) is 0 Å². The standard InChI is InChI=1S/C13H12ClN3O/c1-7-12-11(17-16-7)6-10(13(18)15-12)8-2-4-9(14)5-3-8/h2-5,10H,6H2,1H3,(H,15,18)(H,16,17). The second-order valence-electron chi connectivity index (χ2n) is 4.47. The SMILES string of the molecule is Cc1[nH]nc2c1NC(=O)C(c1ccc(Cl)cc1)C2. The maximum Gasteiger partial charge on any atom is 0.232 e. The Balaban J connectivity index is 1.96. The number of hydrogen-bond acceptors (Lipinski definition) is 2. The predicted molar refractivity (Wildman–Crippen MR) is 69.9 cm³/mol. The number of amides is 1. The number of aromatic amines is 1. The molecule has 1 aromatic heterocycles. The van der Waals surface area contributed by atoms with Crippen molar-refractivity contribution in [2.24, 2.45) is 0 Å². The minimum absolute atomic E-state index is 0.00863. The summed E-state index contributed by atoms with van der Waals surface area (Å²) < 4.78 is 0. The average Bonchev–Trinajstić information content (AvgIpc) is 2.71. The first-order chi connectivity index (χ1) is 8.65. The Bertz CT molecular complexity index is 603. The van der Waals surface area contributed by atoms with Gasteiger partial charge in [0.2, 0.25) is 5.91 Å². The fourth-order valence-corrected chi connectivity index (χ4v) is 2.38. The third-order valence-corrected chi connectivity index (χ3v) is 3.51. The van der Waals surface area contributed by atoms with Crippen molar-refractivity contribution in [3.63, 3.8) is 0 Å². The summed E-state index contributed by atoms with van der Waals surface area (Å²) in [7, 11) is 0. The first kappa shape index (κ1) is 11.3. The Kier molecular flexibility index (Phi) is 2.59. The zero-order chi connectivity index (χ0) is 12.7. The molecule has 4 nitrogen and oxygen atoms in total. The van der Waals surface area contributed by atoms with E-state index in [-0.39, 0.29) is 11.8 Å². The number of H-pyrrole nitrogens is 1. The molecule has 5 heteroatoms. The van der Waals surface area contributed by atoms with E-state index in [0.29, 0.717) is 11.4 Å². The molecule has 3 rings (SSSR count). The van der Waals surface area contributed by atoms with E-state index in [2.05, 4.69) is 15.5 Å².